The third-order valence-electron chi connectivity index (χ3n) is 1.97. The molecule has 0 fully saturated rings. The van der Waals surface area contributed by atoms with Crippen molar-refractivity contribution in [1.82, 2.24) is 5.32 Å². The molecule has 1 rings (SSSR count). The Morgan fingerprint density at radius 1 is 1.29 bits per heavy atom. The topological polar surface area (TPSA) is 111 Å². The van der Waals surface area contributed by atoms with Gasteiger partial charge in [-0.2, -0.15) is 0 Å². The average Bonchev–Trinajstić information content (AvgIpc) is 2.26. The summed E-state index contributed by atoms with van der Waals surface area (Å²) in [6.07, 6.45) is 0. The summed E-state index contributed by atoms with van der Waals surface area (Å²) in [7, 11) is -3.46. The molecule has 0 saturated heterocycles. The Labute approximate surface area is 101 Å². The van der Waals surface area contributed by atoms with Gasteiger partial charge in [-0.1, -0.05) is 30.3 Å². The van der Waals surface area contributed by atoms with E-state index in [0.717, 1.165) is 5.56 Å². The summed E-state index contributed by atoms with van der Waals surface area (Å²) in [4.78, 5) is 4.06. The first kappa shape index (κ1) is 13.5. The summed E-state index contributed by atoms with van der Waals surface area (Å²) in [6, 6.07) is 9.61. The lowest BCUT2D eigenvalue weighted by atomic mass is 10.2. The molecular weight excluding hydrogens is 240 g/mol. The van der Waals surface area contributed by atoms with E-state index in [4.69, 9.17) is 10.9 Å². The summed E-state index contributed by atoms with van der Waals surface area (Å²) in [5.74, 6) is 0.0340. The van der Waals surface area contributed by atoms with Gasteiger partial charge in [-0.25, -0.2) is 18.5 Å². The third-order valence-corrected chi connectivity index (χ3v) is 2.74. The van der Waals surface area contributed by atoms with Crippen molar-refractivity contribution in [3.8, 4) is 0 Å². The Balaban J connectivity index is 2.35. The zero-order valence-corrected chi connectivity index (χ0v) is 10.2. The van der Waals surface area contributed by atoms with E-state index in [-0.39, 0.29) is 18.3 Å². The van der Waals surface area contributed by atoms with Crippen molar-refractivity contribution in [1.29, 1.82) is 0 Å². The molecule has 0 amide bonds. The van der Waals surface area contributed by atoms with Crippen LogP contribution in [0.5, 0.6) is 0 Å². The van der Waals surface area contributed by atoms with Crippen molar-refractivity contribution in [3.05, 3.63) is 35.9 Å². The van der Waals surface area contributed by atoms with Crippen LogP contribution in [0.3, 0.4) is 0 Å². The Hall–Kier alpha value is -1.60. The molecule has 0 unspecified atom stereocenters. The Morgan fingerprint density at radius 2 is 1.94 bits per heavy atom. The fourth-order valence-corrected chi connectivity index (χ4v) is 1.52. The van der Waals surface area contributed by atoms with Crippen molar-refractivity contribution in [2.75, 3.05) is 12.3 Å². The van der Waals surface area contributed by atoms with Crippen molar-refractivity contribution >= 4 is 16.0 Å². The van der Waals surface area contributed by atoms with Crippen LogP contribution in [-0.2, 0) is 16.6 Å². The number of sulfonamides is 1. The van der Waals surface area contributed by atoms with Gasteiger partial charge in [0, 0.05) is 6.54 Å². The molecule has 1 aromatic rings. The second-order valence-electron chi connectivity index (χ2n) is 3.48. The highest BCUT2D eigenvalue weighted by Crippen LogP contribution is 1.99. The zero-order valence-electron chi connectivity index (χ0n) is 9.33. The van der Waals surface area contributed by atoms with E-state index in [0.29, 0.717) is 6.54 Å². The largest absolute Gasteiger partial charge is 0.370 e. The van der Waals surface area contributed by atoms with E-state index in [1.165, 1.54) is 0 Å². The number of rotatable bonds is 5. The summed E-state index contributed by atoms with van der Waals surface area (Å²) >= 11 is 0. The Bertz CT molecular complexity index is 470. The van der Waals surface area contributed by atoms with Crippen LogP contribution in [0.25, 0.3) is 0 Å². The zero-order chi connectivity index (χ0) is 12.7. The number of aliphatic imine (C=N–C) groups is 1. The molecule has 0 aromatic heterocycles. The lowest BCUT2D eigenvalue weighted by molar-refractivity contribution is 0.596. The van der Waals surface area contributed by atoms with E-state index in [1.54, 1.807) is 0 Å². The first-order valence-corrected chi connectivity index (χ1v) is 6.77. The van der Waals surface area contributed by atoms with Crippen molar-refractivity contribution in [2.45, 2.75) is 6.54 Å². The molecular formula is C10H16N4O2S. The summed E-state index contributed by atoms with van der Waals surface area (Å²) in [6.45, 7) is 0.609. The van der Waals surface area contributed by atoms with E-state index >= 15 is 0 Å². The van der Waals surface area contributed by atoms with Crippen LogP contribution in [0, 0.1) is 0 Å². The van der Waals surface area contributed by atoms with Crippen molar-refractivity contribution in [2.24, 2.45) is 15.9 Å². The predicted octanol–water partition coefficient (Wildman–Crippen LogP) is -0.621. The molecule has 17 heavy (non-hydrogen) atoms. The SMILES string of the molecule is NC(=NCc1ccccc1)NCCS(N)(=O)=O. The first-order chi connectivity index (χ1) is 7.97. The number of nitrogens with one attached hydrogen (secondary N) is 1. The molecule has 0 radical (unpaired) electrons. The molecule has 7 heteroatoms. The highest BCUT2D eigenvalue weighted by Gasteiger charge is 2.01. The van der Waals surface area contributed by atoms with Gasteiger partial charge in [0.25, 0.3) is 0 Å². The van der Waals surface area contributed by atoms with E-state index in [2.05, 4.69) is 10.3 Å². The highest BCUT2D eigenvalue weighted by molar-refractivity contribution is 7.89. The maximum Gasteiger partial charge on any atom is 0.210 e. The number of hydrogen-bond donors (Lipinski definition) is 3. The molecule has 94 valence electrons. The Morgan fingerprint density at radius 3 is 2.53 bits per heavy atom. The molecule has 0 atom stereocenters. The van der Waals surface area contributed by atoms with Gasteiger partial charge in [0.05, 0.1) is 12.3 Å². The van der Waals surface area contributed by atoms with Gasteiger partial charge in [-0.05, 0) is 5.56 Å². The monoisotopic (exact) mass is 256 g/mol. The normalized spacial score (nSPS) is 12.4. The van der Waals surface area contributed by atoms with Gasteiger partial charge < -0.3 is 11.1 Å². The molecule has 0 aliphatic heterocycles. The smallest absolute Gasteiger partial charge is 0.210 e. The number of benzene rings is 1. The van der Waals surface area contributed by atoms with E-state index < -0.39 is 10.0 Å². The maximum atomic E-state index is 10.6. The van der Waals surface area contributed by atoms with Crippen LogP contribution < -0.4 is 16.2 Å². The predicted molar refractivity (Wildman–Crippen MR) is 67.7 cm³/mol. The molecule has 0 saturated carbocycles. The minimum atomic E-state index is -3.46. The van der Waals surface area contributed by atoms with Crippen LogP contribution in [0.2, 0.25) is 0 Å². The number of nitrogens with zero attached hydrogens (tertiary/aromatic N) is 1. The van der Waals surface area contributed by atoms with Crippen molar-refractivity contribution < 1.29 is 8.42 Å². The molecule has 0 bridgehead atoms. The first-order valence-electron chi connectivity index (χ1n) is 5.05. The third kappa shape index (κ3) is 6.54. The molecule has 5 N–H and O–H groups in total. The second kappa shape index (κ2) is 6.21. The standard InChI is InChI=1S/C10H16N4O2S/c11-10(13-6-7-17(12,15)16)14-8-9-4-2-1-3-5-9/h1-5H,6-8H2,(H3,11,13,14)(H2,12,15,16). The Kier molecular flexibility index (Phi) is 4.92. The lowest BCUT2D eigenvalue weighted by Gasteiger charge is -2.04. The lowest BCUT2D eigenvalue weighted by Crippen LogP contribution is -2.36. The van der Waals surface area contributed by atoms with E-state index in [1.807, 2.05) is 30.3 Å². The quantitative estimate of drug-likeness (QED) is 0.481. The summed E-state index contributed by atoms with van der Waals surface area (Å²) in [5, 5.41) is 7.52. The average molecular weight is 256 g/mol. The molecule has 0 heterocycles. The molecule has 0 aliphatic carbocycles. The van der Waals surface area contributed by atoms with Crippen LogP contribution in [-0.4, -0.2) is 26.7 Å². The minimum absolute atomic E-state index is 0.156. The minimum Gasteiger partial charge on any atom is -0.370 e. The molecule has 1 aromatic carbocycles. The fraction of sp³-hybridized carbons (Fsp3) is 0.300. The van der Waals surface area contributed by atoms with E-state index in [9.17, 15) is 8.42 Å². The van der Waals surface area contributed by atoms with Gasteiger partial charge in [0.1, 0.15) is 0 Å². The van der Waals surface area contributed by atoms with Crippen molar-refractivity contribution in [3.63, 3.8) is 0 Å². The van der Waals surface area contributed by atoms with Gasteiger partial charge in [0.15, 0.2) is 5.96 Å². The second-order valence-corrected chi connectivity index (χ2v) is 5.21. The molecule has 0 spiro atoms. The fourth-order valence-electron chi connectivity index (χ4n) is 1.14. The highest BCUT2D eigenvalue weighted by atomic mass is 32.2. The van der Waals surface area contributed by atoms with Crippen LogP contribution in [0.4, 0.5) is 0 Å². The number of guanidine groups is 1. The van der Waals surface area contributed by atoms with Crippen LogP contribution in [0.1, 0.15) is 5.56 Å². The summed E-state index contributed by atoms with van der Waals surface area (Å²) < 4.78 is 21.3. The summed E-state index contributed by atoms with van der Waals surface area (Å²) in [5.41, 5.74) is 6.59. The number of primary sulfonamides is 1. The van der Waals surface area contributed by atoms with Gasteiger partial charge >= 0.3 is 0 Å². The van der Waals surface area contributed by atoms with Gasteiger partial charge in [-0.3, -0.25) is 0 Å². The molecule has 0 aliphatic rings. The number of hydrogen-bond acceptors (Lipinski definition) is 3. The van der Waals surface area contributed by atoms with Gasteiger partial charge in [0.2, 0.25) is 10.0 Å². The number of nitrogens with two attached hydrogens (primary N) is 2. The van der Waals surface area contributed by atoms with Crippen LogP contribution in [0.15, 0.2) is 35.3 Å². The van der Waals surface area contributed by atoms with Crippen LogP contribution >= 0.6 is 0 Å². The van der Waals surface area contributed by atoms with Gasteiger partial charge in [-0.15, -0.1) is 0 Å². The molecule has 6 nitrogen and oxygen atoms in total. The maximum absolute atomic E-state index is 10.6.